The predicted molar refractivity (Wildman–Crippen MR) is 65.7 cm³/mol. The van der Waals surface area contributed by atoms with Crippen molar-refractivity contribution in [2.45, 2.75) is 13.3 Å². The molecule has 1 unspecified atom stereocenters. The van der Waals surface area contributed by atoms with E-state index in [0.717, 1.165) is 6.20 Å². The molecule has 0 aliphatic carbocycles. The molecule has 0 radical (unpaired) electrons. The van der Waals surface area contributed by atoms with E-state index in [9.17, 15) is 9.18 Å². The maximum absolute atomic E-state index is 13.7. The third kappa shape index (κ3) is 2.49. The van der Waals surface area contributed by atoms with Gasteiger partial charge in [-0.3, -0.25) is 4.79 Å². The normalized spacial score (nSPS) is 19.0. The molecule has 0 spiro atoms. The van der Waals surface area contributed by atoms with Crippen LogP contribution in [0.25, 0.3) is 0 Å². The molecule has 1 amide bonds. The number of rotatable bonds is 4. The van der Waals surface area contributed by atoms with E-state index in [0.29, 0.717) is 32.0 Å². The van der Waals surface area contributed by atoms with Crippen molar-refractivity contribution in [3.8, 4) is 0 Å². The Labute approximate surface area is 104 Å². The van der Waals surface area contributed by atoms with Crippen LogP contribution in [0.5, 0.6) is 0 Å². The molecular formula is C11H16FN5O. The summed E-state index contributed by atoms with van der Waals surface area (Å²) in [6.07, 6.45) is 1.77. The number of carbonyl (C=O) groups excluding carboxylic acids is 1. The molecule has 1 saturated heterocycles. The van der Waals surface area contributed by atoms with Gasteiger partial charge in [0.1, 0.15) is 0 Å². The monoisotopic (exact) mass is 253 g/mol. The smallest absolute Gasteiger partial charge is 0.224 e. The van der Waals surface area contributed by atoms with E-state index < -0.39 is 5.82 Å². The lowest BCUT2D eigenvalue weighted by molar-refractivity contribution is -0.121. The fraction of sp³-hybridized carbons (Fsp3) is 0.545. The van der Waals surface area contributed by atoms with Gasteiger partial charge in [0.15, 0.2) is 11.6 Å². The van der Waals surface area contributed by atoms with Crippen LogP contribution in [0.15, 0.2) is 6.20 Å². The Hall–Kier alpha value is -1.92. The van der Waals surface area contributed by atoms with E-state index in [4.69, 9.17) is 5.73 Å². The van der Waals surface area contributed by atoms with Gasteiger partial charge in [-0.25, -0.2) is 9.37 Å². The van der Waals surface area contributed by atoms with Crippen molar-refractivity contribution in [3.05, 3.63) is 12.0 Å². The molecule has 1 aliphatic heterocycles. The summed E-state index contributed by atoms with van der Waals surface area (Å²) in [7, 11) is 0. The van der Waals surface area contributed by atoms with Gasteiger partial charge in [-0.2, -0.15) is 4.98 Å². The van der Waals surface area contributed by atoms with E-state index in [1.54, 1.807) is 4.90 Å². The Morgan fingerprint density at radius 2 is 2.50 bits per heavy atom. The van der Waals surface area contributed by atoms with Crippen LogP contribution in [0, 0.1) is 11.7 Å². The van der Waals surface area contributed by atoms with Gasteiger partial charge in [-0.1, -0.05) is 0 Å². The quantitative estimate of drug-likeness (QED) is 0.809. The molecule has 1 atom stereocenters. The van der Waals surface area contributed by atoms with Crippen LogP contribution in [0.1, 0.15) is 13.3 Å². The zero-order valence-electron chi connectivity index (χ0n) is 10.2. The number of nitrogens with one attached hydrogen (secondary N) is 1. The Balaban J connectivity index is 2.18. The summed E-state index contributed by atoms with van der Waals surface area (Å²) in [5, 5.41) is 2.93. The van der Waals surface area contributed by atoms with Gasteiger partial charge in [0.25, 0.3) is 0 Å². The number of aromatic nitrogens is 2. The van der Waals surface area contributed by atoms with E-state index in [1.807, 2.05) is 6.92 Å². The van der Waals surface area contributed by atoms with Gasteiger partial charge in [0, 0.05) is 19.6 Å². The standard InChI is InChI=1S/C11H16FN5O/c1-2-14-11-15-5-8(12)10(16-11)17-4-3-7(6-17)9(13)18/h5,7H,2-4,6H2,1H3,(H2,13,18)(H,14,15,16). The van der Waals surface area contributed by atoms with Gasteiger partial charge in [0.2, 0.25) is 11.9 Å². The summed E-state index contributed by atoms with van der Waals surface area (Å²) in [4.78, 5) is 20.8. The summed E-state index contributed by atoms with van der Waals surface area (Å²) in [5.41, 5.74) is 5.25. The van der Waals surface area contributed by atoms with Crippen LogP contribution in [0.4, 0.5) is 16.2 Å². The van der Waals surface area contributed by atoms with Gasteiger partial charge in [-0.15, -0.1) is 0 Å². The second kappa shape index (κ2) is 5.16. The van der Waals surface area contributed by atoms with Crippen molar-refractivity contribution in [2.24, 2.45) is 11.7 Å². The molecule has 1 aromatic rings. The summed E-state index contributed by atoms with van der Waals surface area (Å²) >= 11 is 0. The van der Waals surface area contributed by atoms with E-state index in [2.05, 4.69) is 15.3 Å². The molecular weight excluding hydrogens is 237 g/mol. The third-order valence-corrected chi connectivity index (χ3v) is 2.95. The van der Waals surface area contributed by atoms with Gasteiger partial charge >= 0.3 is 0 Å². The topological polar surface area (TPSA) is 84.1 Å². The number of halogens is 1. The highest BCUT2D eigenvalue weighted by Gasteiger charge is 2.29. The van der Waals surface area contributed by atoms with Crippen molar-refractivity contribution in [2.75, 3.05) is 29.9 Å². The van der Waals surface area contributed by atoms with E-state index in [-0.39, 0.29) is 17.6 Å². The molecule has 1 aliphatic rings. The van der Waals surface area contributed by atoms with Crippen molar-refractivity contribution in [1.82, 2.24) is 9.97 Å². The van der Waals surface area contributed by atoms with Gasteiger partial charge < -0.3 is 16.0 Å². The minimum absolute atomic E-state index is 0.227. The molecule has 0 saturated carbocycles. The number of hydrogen-bond acceptors (Lipinski definition) is 5. The van der Waals surface area contributed by atoms with E-state index in [1.165, 1.54) is 0 Å². The van der Waals surface area contributed by atoms with Crippen LogP contribution < -0.4 is 16.0 Å². The average molecular weight is 253 g/mol. The lowest BCUT2D eigenvalue weighted by atomic mass is 10.1. The molecule has 98 valence electrons. The Morgan fingerprint density at radius 3 is 3.11 bits per heavy atom. The number of nitrogens with two attached hydrogens (primary N) is 1. The number of nitrogens with zero attached hydrogens (tertiary/aromatic N) is 3. The lowest BCUT2D eigenvalue weighted by Gasteiger charge is -2.18. The highest BCUT2D eigenvalue weighted by Crippen LogP contribution is 2.24. The highest BCUT2D eigenvalue weighted by molar-refractivity contribution is 5.78. The van der Waals surface area contributed by atoms with Crippen LogP contribution in [0.3, 0.4) is 0 Å². The molecule has 0 aromatic carbocycles. The molecule has 1 aromatic heterocycles. The highest BCUT2D eigenvalue weighted by atomic mass is 19.1. The van der Waals surface area contributed by atoms with Crippen molar-refractivity contribution >= 4 is 17.7 Å². The first kappa shape index (κ1) is 12.5. The summed E-state index contributed by atoms with van der Waals surface area (Å²) in [6, 6.07) is 0. The number of carbonyl (C=O) groups is 1. The molecule has 1 fully saturated rings. The largest absolute Gasteiger partial charge is 0.369 e. The average Bonchev–Trinajstić information content (AvgIpc) is 2.81. The minimum Gasteiger partial charge on any atom is -0.369 e. The summed E-state index contributed by atoms with van der Waals surface area (Å²) in [6.45, 7) is 3.56. The minimum atomic E-state index is -0.484. The van der Waals surface area contributed by atoms with Crippen LogP contribution in [-0.2, 0) is 4.79 Å². The third-order valence-electron chi connectivity index (χ3n) is 2.95. The molecule has 2 rings (SSSR count). The molecule has 2 heterocycles. The van der Waals surface area contributed by atoms with E-state index >= 15 is 0 Å². The second-order valence-corrected chi connectivity index (χ2v) is 4.23. The van der Waals surface area contributed by atoms with Gasteiger partial charge in [0.05, 0.1) is 12.1 Å². The maximum Gasteiger partial charge on any atom is 0.224 e. The molecule has 18 heavy (non-hydrogen) atoms. The fourth-order valence-electron chi connectivity index (χ4n) is 2.01. The zero-order valence-corrected chi connectivity index (χ0v) is 10.2. The second-order valence-electron chi connectivity index (χ2n) is 4.23. The van der Waals surface area contributed by atoms with Crippen LogP contribution in [-0.4, -0.2) is 35.5 Å². The maximum atomic E-state index is 13.7. The molecule has 7 heteroatoms. The predicted octanol–water partition coefficient (Wildman–Crippen LogP) is 0.359. The van der Waals surface area contributed by atoms with Crippen LogP contribution >= 0.6 is 0 Å². The molecule has 6 nitrogen and oxygen atoms in total. The molecule has 3 N–H and O–H groups in total. The summed E-state index contributed by atoms with van der Waals surface area (Å²) < 4.78 is 13.7. The summed E-state index contributed by atoms with van der Waals surface area (Å²) in [5.74, 6) is -0.455. The zero-order chi connectivity index (χ0) is 13.1. The number of anilines is 2. The first-order valence-corrected chi connectivity index (χ1v) is 5.92. The van der Waals surface area contributed by atoms with Gasteiger partial charge in [-0.05, 0) is 13.3 Å². The fourth-order valence-corrected chi connectivity index (χ4v) is 2.01. The number of primary amides is 1. The molecule has 0 bridgehead atoms. The lowest BCUT2D eigenvalue weighted by Crippen LogP contribution is -2.28. The first-order chi connectivity index (χ1) is 8.61. The Morgan fingerprint density at radius 1 is 1.72 bits per heavy atom. The van der Waals surface area contributed by atoms with Crippen molar-refractivity contribution in [3.63, 3.8) is 0 Å². The number of hydrogen-bond donors (Lipinski definition) is 2. The SMILES string of the molecule is CCNc1ncc(F)c(N2CCC(C(N)=O)C2)n1. The van der Waals surface area contributed by atoms with Crippen molar-refractivity contribution in [1.29, 1.82) is 0 Å². The Bertz CT molecular complexity index is 453. The first-order valence-electron chi connectivity index (χ1n) is 5.92. The number of amides is 1. The van der Waals surface area contributed by atoms with Crippen molar-refractivity contribution < 1.29 is 9.18 Å². The van der Waals surface area contributed by atoms with Crippen LogP contribution in [0.2, 0.25) is 0 Å². The Kier molecular flexibility index (Phi) is 3.59.